The number of ketones is 1. The number of carbonyl (C=O) groups is 1. The number of halogens is 3. The SMILES string of the molecule is O=C(CCc1ccsc1)c1ccc(F)c(F)c1F. The molecule has 1 nitrogen and oxygen atoms in total. The Balaban J connectivity index is 2.12. The molecule has 0 unspecified atom stereocenters. The first-order chi connectivity index (χ1) is 8.59. The molecule has 0 radical (unpaired) electrons. The van der Waals surface area contributed by atoms with E-state index in [4.69, 9.17) is 0 Å². The summed E-state index contributed by atoms with van der Waals surface area (Å²) in [6, 6.07) is 3.60. The van der Waals surface area contributed by atoms with Crippen LogP contribution in [0.2, 0.25) is 0 Å². The van der Waals surface area contributed by atoms with Crippen LogP contribution in [-0.4, -0.2) is 5.78 Å². The van der Waals surface area contributed by atoms with Crippen molar-refractivity contribution >= 4 is 17.1 Å². The Hall–Kier alpha value is -1.62. The van der Waals surface area contributed by atoms with Gasteiger partial charge in [0.2, 0.25) is 0 Å². The van der Waals surface area contributed by atoms with Crippen molar-refractivity contribution in [1.82, 2.24) is 0 Å². The van der Waals surface area contributed by atoms with Crippen LogP contribution in [0.4, 0.5) is 13.2 Å². The third kappa shape index (κ3) is 2.61. The van der Waals surface area contributed by atoms with Gasteiger partial charge < -0.3 is 0 Å². The Kier molecular flexibility index (Phi) is 3.81. The Bertz CT molecular complexity index is 564. The summed E-state index contributed by atoms with van der Waals surface area (Å²) in [5, 5.41) is 3.76. The lowest BCUT2D eigenvalue weighted by Crippen LogP contribution is -2.06. The number of aryl methyl sites for hydroxylation is 1. The molecular weight excluding hydrogens is 261 g/mol. The molecule has 0 amide bonds. The van der Waals surface area contributed by atoms with Gasteiger partial charge in [0.25, 0.3) is 0 Å². The van der Waals surface area contributed by atoms with Crippen molar-refractivity contribution in [1.29, 1.82) is 0 Å². The Morgan fingerprint density at radius 2 is 1.89 bits per heavy atom. The van der Waals surface area contributed by atoms with Crippen LogP contribution in [0.15, 0.2) is 29.0 Å². The second kappa shape index (κ2) is 5.35. The molecule has 94 valence electrons. The van der Waals surface area contributed by atoms with Crippen molar-refractivity contribution in [3.05, 3.63) is 57.5 Å². The van der Waals surface area contributed by atoms with Crippen LogP contribution in [0.25, 0.3) is 0 Å². The highest BCUT2D eigenvalue weighted by atomic mass is 32.1. The molecule has 1 aromatic carbocycles. The Morgan fingerprint density at radius 3 is 2.56 bits per heavy atom. The average Bonchev–Trinajstić information content (AvgIpc) is 2.86. The van der Waals surface area contributed by atoms with Gasteiger partial charge in [0, 0.05) is 6.42 Å². The van der Waals surface area contributed by atoms with Gasteiger partial charge in [-0.2, -0.15) is 11.3 Å². The molecule has 0 aliphatic carbocycles. The first-order valence-corrected chi connectivity index (χ1v) is 6.21. The second-order valence-electron chi connectivity index (χ2n) is 3.78. The fourth-order valence-corrected chi connectivity index (χ4v) is 2.27. The van der Waals surface area contributed by atoms with E-state index in [1.165, 1.54) is 11.3 Å². The number of Topliss-reactive ketones (excluding diaryl/α,β-unsaturated/α-hetero) is 1. The number of hydrogen-bond acceptors (Lipinski definition) is 2. The van der Waals surface area contributed by atoms with Crippen molar-refractivity contribution in [3.63, 3.8) is 0 Å². The summed E-state index contributed by atoms with van der Waals surface area (Å²) < 4.78 is 39.0. The van der Waals surface area contributed by atoms with Gasteiger partial charge in [-0.25, -0.2) is 13.2 Å². The van der Waals surface area contributed by atoms with Crippen LogP contribution in [0, 0.1) is 17.5 Å². The molecule has 0 aliphatic rings. The van der Waals surface area contributed by atoms with Crippen LogP contribution in [-0.2, 0) is 6.42 Å². The number of rotatable bonds is 4. The standard InChI is InChI=1S/C13H9F3OS/c14-10-3-2-9(12(15)13(10)16)11(17)4-1-8-5-6-18-7-8/h2-3,5-7H,1,4H2. The van der Waals surface area contributed by atoms with Gasteiger partial charge in [0.15, 0.2) is 23.2 Å². The fourth-order valence-electron chi connectivity index (χ4n) is 1.57. The number of hydrogen-bond donors (Lipinski definition) is 0. The van der Waals surface area contributed by atoms with Crippen LogP contribution < -0.4 is 0 Å². The zero-order valence-electron chi connectivity index (χ0n) is 9.25. The van der Waals surface area contributed by atoms with E-state index in [1.807, 2.05) is 16.8 Å². The molecule has 0 spiro atoms. The summed E-state index contributed by atoms with van der Waals surface area (Å²) in [6.07, 6.45) is 0.527. The lowest BCUT2D eigenvalue weighted by atomic mass is 10.0. The Morgan fingerprint density at radius 1 is 1.11 bits per heavy atom. The summed E-state index contributed by atoms with van der Waals surface area (Å²) in [5.74, 6) is -4.83. The highest BCUT2D eigenvalue weighted by Crippen LogP contribution is 2.18. The lowest BCUT2D eigenvalue weighted by Gasteiger charge is -2.03. The molecule has 0 saturated carbocycles. The molecule has 18 heavy (non-hydrogen) atoms. The number of thiophene rings is 1. The minimum absolute atomic E-state index is 0.0682. The summed E-state index contributed by atoms with van der Waals surface area (Å²) in [5.41, 5.74) is 0.570. The molecule has 1 heterocycles. The minimum Gasteiger partial charge on any atom is -0.294 e. The van der Waals surface area contributed by atoms with Crippen LogP contribution in [0.3, 0.4) is 0 Å². The lowest BCUT2D eigenvalue weighted by molar-refractivity contribution is 0.0977. The highest BCUT2D eigenvalue weighted by molar-refractivity contribution is 7.07. The molecule has 5 heteroatoms. The average molecular weight is 270 g/mol. The zero-order chi connectivity index (χ0) is 13.1. The monoisotopic (exact) mass is 270 g/mol. The van der Waals surface area contributed by atoms with Gasteiger partial charge in [-0.05, 0) is 40.9 Å². The first-order valence-electron chi connectivity index (χ1n) is 5.27. The van der Waals surface area contributed by atoms with Crippen LogP contribution >= 0.6 is 11.3 Å². The van der Waals surface area contributed by atoms with Crippen molar-refractivity contribution < 1.29 is 18.0 Å². The quantitative estimate of drug-likeness (QED) is 0.606. The maximum absolute atomic E-state index is 13.3. The van der Waals surface area contributed by atoms with Gasteiger partial charge in [0.1, 0.15) is 0 Å². The third-order valence-corrected chi connectivity index (χ3v) is 3.29. The van der Waals surface area contributed by atoms with Crippen LogP contribution in [0.1, 0.15) is 22.3 Å². The van der Waals surface area contributed by atoms with Gasteiger partial charge in [-0.1, -0.05) is 0 Å². The minimum atomic E-state index is -1.60. The summed E-state index contributed by atoms with van der Waals surface area (Å²) in [7, 11) is 0. The van der Waals surface area contributed by atoms with E-state index in [1.54, 1.807) is 0 Å². The first kappa shape index (κ1) is 12.8. The largest absolute Gasteiger partial charge is 0.294 e. The smallest absolute Gasteiger partial charge is 0.195 e. The van der Waals surface area contributed by atoms with E-state index in [9.17, 15) is 18.0 Å². The predicted molar refractivity (Wildman–Crippen MR) is 63.3 cm³/mol. The summed E-state index contributed by atoms with van der Waals surface area (Å²) in [6.45, 7) is 0. The summed E-state index contributed by atoms with van der Waals surface area (Å²) in [4.78, 5) is 11.7. The van der Waals surface area contributed by atoms with E-state index in [2.05, 4.69) is 0 Å². The van der Waals surface area contributed by atoms with E-state index >= 15 is 0 Å². The molecule has 0 aliphatic heterocycles. The van der Waals surface area contributed by atoms with Crippen LogP contribution in [0.5, 0.6) is 0 Å². The van der Waals surface area contributed by atoms with E-state index in [0.29, 0.717) is 6.42 Å². The second-order valence-corrected chi connectivity index (χ2v) is 4.56. The van der Waals surface area contributed by atoms with E-state index in [0.717, 1.165) is 17.7 Å². The maximum atomic E-state index is 13.3. The van der Waals surface area contributed by atoms with Crippen molar-refractivity contribution in [2.75, 3.05) is 0 Å². The number of carbonyl (C=O) groups excluding carboxylic acids is 1. The van der Waals surface area contributed by atoms with E-state index < -0.39 is 28.8 Å². The summed E-state index contributed by atoms with van der Waals surface area (Å²) >= 11 is 1.50. The normalized spacial score (nSPS) is 10.6. The molecule has 0 atom stereocenters. The third-order valence-electron chi connectivity index (χ3n) is 2.56. The molecule has 0 fully saturated rings. The molecule has 2 aromatic rings. The van der Waals surface area contributed by atoms with Gasteiger partial charge in [0.05, 0.1) is 5.56 Å². The van der Waals surface area contributed by atoms with Crippen molar-refractivity contribution in [3.8, 4) is 0 Å². The molecular formula is C13H9F3OS. The predicted octanol–water partition coefficient (Wildman–Crippen LogP) is 3.98. The molecule has 0 N–H and O–H groups in total. The fraction of sp³-hybridized carbons (Fsp3) is 0.154. The molecule has 2 rings (SSSR count). The number of benzene rings is 1. The van der Waals surface area contributed by atoms with E-state index in [-0.39, 0.29) is 6.42 Å². The van der Waals surface area contributed by atoms with Crippen molar-refractivity contribution in [2.24, 2.45) is 0 Å². The van der Waals surface area contributed by atoms with Gasteiger partial charge in [-0.15, -0.1) is 0 Å². The Labute approximate surface area is 106 Å². The maximum Gasteiger partial charge on any atom is 0.195 e. The topological polar surface area (TPSA) is 17.1 Å². The highest BCUT2D eigenvalue weighted by Gasteiger charge is 2.18. The van der Waals surface area contributed by atoms with Gasteiger partial charge >= 0.3 is 0 Å². The van der Waals surface area contributed by atoms with Crippen molar-refractivity contribution in [2.45, 2.75) is 12.8 Å². The molecule has 1 aromatic heterocycles. The zero-order valence-corrected chi connectivity index (χ0v) is 10.1. The van der Waals surface area contributed by atoms with Gasteiger partial charge in [-0.3, -0.25) is 4.79 Å². The molecule has 0 bridgehead atoms. The molecule has 0 saturated heterocycles.